The van der Waals surface area contributed by atoms with Crippen molar-refractivity contribution < 1.29 is 8.78 Å². The summed E-state index contributed by atoms with van der Waals surface area (Å²) in [6, 6.07) is 13.7. The number of rotatable bonds is 3. The average Bonchev–Trinajstić information content (AvgIpc) is 2.40. The Morgan fingerprint density at radius 3 is 1.78 bits per heavy atom. The van der Waals surface area contributed by atoms with Crippen LogP contribution in [0.5, 0.6) is 0 Å². The standard InChI is InChI=1S/C15H15F2N/c1-2-15(16,17)13-7-3-11(4-8-13)12-5-9-14(18)10-6-12/h3-10H,2,18H2,1H3. The summed E-state index contributed by atoms with van der Waals surface area (Å²) in [4.78, 5) is 0. The van der Waals surface area contributed by atoms with Crippen LogP contribution in [0.2, 0.25) is 0 Å². The molecule has 0 amide bonds. The summed E-state index contributed by atoms with van der Waals surface area (Å²) in [6.45, 7) is 1.48. The van der Waals surface area contributed by atoms with Crippen LogP contribution < -0.4 is 5.73 Å². The van der Waals surface area contributed by atoms with Gasteiger partial charge in [-0.15, -0.1) is 0 Å². The van der Waals surface area contributed by atoms with Crippen molar-refractivity contribution >= 4 is 5.69 Å². The molecule has 0 bridgehead atoms. The number of benzene rings is 2. The lowest BCUT2D eigenvalue weighted by atomic mass is 10.0. The van der Waals surface area contributed by atoms with Gasteiger partial charge < -0.3 is 5.73 Å². The largest absolute Gasteiger partial charge is 0.399 e. The van der Waals surface area contributed by atoms with E-state index in [2.05, 4.69) is 0 Å². The van der Waals surface area contributed by atoms with Crippen LogP contribution in [0.4, 0.5) is 14.5 Å². The van der Waals surface area contributed by atoms with Crippen molar-refractivity contribution in [1.29, 1.82) is 0 Å². The highest BCUT2D eigenvalue weighted by atomic mass is 19.3. The molecule has 2 rings (SSSR count). The molecule has 0 heterocycles. The first kappa shape index (κ1) is 12.6. The number of hydrogen-bond donors (Lipinski definition) is 1. The molecule has 94 valence electrons. The lowest BCUT2D eigenvalue weighted by molar-refractivity contribution is -0.00826. The van der Waals surface area contributed by atoms with Crippen molar-refractivity contribution in [3.8, 4) is 11.1 Å². The van der Waals surface area contributed by atoms with Gasteiger partial charge in [-0.3, -0.25) is 0 Å². The van der Waals surface area contributed by atoms with E-state index in [4.69, 9.17) is 5.73 Å². The number of anilines is 1. The van der Waals surface area contributed by atoms with Crippen LogP contribution in [-0.2, 0) is 5.92 Å². The minimum absolute atomic E-state index is 0.0594. The fourth-order valence-electron chi connectivity index (χ4n) is 1.79. The fraction of sp³-hybridized carbons (Fsp3) is 0.200. The zero-order valence-corrected chi connectivity index (χ0v) is 10.2. The van der Waals surface area contributed by atoms with Crippen LogP contribution in [0.15, 0.2) is 48.5 Å². The molecular weight excluding hydrogens is 232 g/mol. The fourth-order valence-corrected chi connectivity index (χ4v) is 1.79. The van der Waals surface area contributed by atoms with Crippen molar-refractivity contribution in [2.75, 3.05) is 5.73 Å². The molecule has 0 radical (unpaired) electrons. The molecule has 0 unspecified atom stereocenters. The molecule has 0 atom stereocenters. The van der Waals surface area contributed by atoms with Gasteiger partial charge in [0, 0.05) is 17.7 Å². The average molecular weight is 247 g/mol. The third kappa shape index (κ3) is 2.50. The van der Waals surface area contributed by atoms with E-state index >= 15 is 0 Å². The molecule has 0 fully saturated rings. The van der Waals surface area contributed by atoms with E-state index in [1.54, 1.807) is 24.3 Å². The van der Waals surface area contributed by atoms with Gasteiger partial charge in [0.2, 0.25) is 0 Å². The maximum absolute atomic E-state index is 13.5. The molecule has 3 heteroatoms. The van der Waals surface area contributed by atoms with Crippen molar-refractivity contribution in [3.63, 3.8) is 0 Å². The normalized spacial score (nSPS) is 11.5. The minimum atomic E-state index is -2.75. The Hall–Kier alpha value is -1.90. The first-order valence-electron chi connectivity index (χ1n) is 5.87. The number of alkyl halides is 2. The Morgan fingerprint density at radius 1 is 0.889 bits per heavy atom. The van der Waals surface area contributed by atoms with E-state index < -0.39 is 5.92 Å². The van der Waals surface area contributed by atoms with Crippen LogP contribution in [0.3, 0.4) is 0 Å². The summed E-state index contributed by atoms with van der Waals surface area (Å²) in [7, 11) is 0. The highest BCUT2D eigenvalue weighted by Gasteiger charge is 2.28. The maximum Gasteiger partial charge on any atom is 0.273 e. The molecule has 18 heavy (non-hydrogen) atoms. The van der Waals surface area contributed by atoms with Gasteiger partial charge in [0.15, 0.2) is 0 Å². The summed E-state index contributed by atoms with van der Waals surface area (Å²) in [5.41, 5.74) is 8.23. The summed E-state index contributed by atoms with van der Waals surface area (Å²) >= 11 is 0. The predicted octanol–water partition coefficient (Wildman–Crippen LogP) is 4.44. The second-order valence-electron chi connectivity index (χ2n) is 4.26. The van der Waals surface area contributed by atoms with Crippen molar-refractivity contribution in [2.24, 2.45) is 0 Å². The second-order valence-corrected chi connectivity index (χ2v) is 4.26. The smallest absolute Gasteiger partial charge is 0.273 e. The highest BCUT2D eigenvalue weighted by Crippen LogP contribution is 2.32. The number of nitrogen functional groups attached to an aromatic ring is 1. The van der Waals surface area contributed by atoms with Gasteiger partial charge >= 0.3 is 0 Å². The molecular formula is C15H15F2N. The molecule has 0 aliphatic heterocycles. The summed E-state index contributed by atoms with van der Waals surface area (Å²) in [5.74, 6) is -2.75. The molecule has 2 aromatic rings. The van der Waals surface area contributed by atoms with Crippen molar-refractivity contribution in [1.82, 2.24) is 0 Å². The topological polar surface area (TPSA) is 26.0 Å². The Balaban J connectivity index is 2.30. The lowest BCUT2D eigenvalue weighted by Gasteiger charge is -2.14. The molecule has 0 aliphatic carbocycles. The lowest BCUT2D eigenvalue weighted by Crippen LogP contribution is -2.10. The number of halogens is 2. The van der Waals surface area contributed by atoms with E-state index in [1.165, 1.54) is 19.1 Å². The summed E-state index contributed by atoms with van der Waals surface area (Å²) in [6.07, 6.45) is -0.186. The van der Waals surface area contributed by atoms with Gasteiger partial charge in [0.25, 0.3) is 5.92 Å². The molecule has 0 aliphatic rings. The first-order valence-corrected chi connectivity index (χ1v) is 5.87. The zero-order chi connectivity index (χ0) is 13.2. The number of hydrogen-bond acceptors (Lipinski definition) is 1. The van der Waals surface area contributed by atoms with Gasteiger partial charge in [-0.2, -0.15) is 0 Å². The predicted molar refractivity (Wildman–Crippen MR) is 70.5 cm³/mol. The van der Waals surface area contributed by atoms with Crippen LogP contribution in [0, 0.1) is 0 Å². The van der Waals surface area contributed by atoms with Crippen LogP contribution >= 0.6 is 0 Å². The molecule has 0 spiro atoms. The maximum atomic E-state index is 13.5. The van der Waals surface area contributed by atoms with Crippen molar-refractivity contribution in [3.05, 3.63) is 54.1 Å². The SMILES string of the molecule is CCC(F)(F)c1ccc(-c2ccc(N)cc2)cc1. The second kappa shape index (κ2) is 4.77. The summed E-state index contributed by atoms with van der Waals surface area (Å²) < 4.78 is 26.9. The van der Waals surface area contributed by atoms with E-state index in [9.17, 15) is 8.78 Å². The van der Waals surface area contributed by atoms with Crippen LogP contribution in [-0.4, -0.2) is 0 Å². The van der Waals surface area contributed by atoms with Gasteiger partial charge in [0.1, 0.15) is 0 Å². The van der Waals surface area contributed by atoms with E-state index in [0.29, 0.717) is 5.69 Å². The minimum Gasteiger partial charge on any atom is -0.399 e. The third-order valence-electron chi connectivity index (χ3n) is 3.00. The van der Waals surface area contributed by atoms with Crippen LogP contribution in [0.25, 0.3) is 11.1 Å². The van der Waals surface area contributed by atoms with Gasteiger partial charge in [0.05, 0.1) is 0 Å². The van der Waals surface area contributed by atoms with Gasteiger partial charge in [-0.1, -0.05) is 43.3 Å². The molecule has 1 nitrogen and oxygen atoms in total. The molecule has 0 saturated heterocycles. The van der Waals surface area contributed by atoms with Gasteiger partial charge in [-0.25, -0.2) is 8.78 Å². The van der Waals surface area contributed by atoms with Crippen molar-refractivity contribution in [2.45, 2.75) is 19.3 Å². The Bertz CT molecular complexity index is 515. The highest BCUT2D eigenvalue weighted by molar-refractivity contribution is 5.65. The quantitative estimate of drug-likeness (QED) is 0.797. The van der Waals surface area contributed by atoms with E-state index in [-0.39, 0.29) is 12.0 Å². The molecule has 0 aromatic heterocycles. The van der Waals surface area contributed by atoms with E-state index in [0.717, 1.165) is 11.1 Å². The molecule has 2 aromatic carbocycles. The first-order chi connectivity index (χ1) is 8.53. The third-order valence-corrected chi connectivity index (χ3v) is 3.00. The molecule has 0 saturated carbocycles. The zero-order valence-electron chi connectivity index (χ0n) is 10.2. The van der Waals surface area contributed by atoms with Crippen LogP contribution in [0.1, 0.15) is 18.9 Å². The van der Waals surface area contributed by atoms with E-state index in [1.807, 2.05) is 12.1 Å². The Morgan fingerprint density at radius 2 is 1.33 bits per heavy atom. The monoisotopic (exact) mass is 247 g/mol. The van der Waals surface area contributed by atoms with Gasteiger partial charge in [-0.05, 0) is 23.3 Å². The Kier molecular flexibility index (Phi) is 3.32. The molecule has 2 N–H and O–H groups in total. The Labute approximate surface area is 105 Å². The summed E-state index contributed by atoms with van der Waals surface area (Å²) in [5, 5.41) is 0. The number of nitrogens with two attached hydrogens (primary N) is 1.